The Hall–Kier alpha value is -2.40. The summed E-state index contributed by atoms with van der Waals surface area (Å²) in [7, 11) is 0. The van der Waals surface area contributed by atoms with Crippen LogP contribution in [0.15, 0.2) is 47.9 Å². The van der Waals surface area contributed by atoms with Crippen LogP contribution in [0.3, 0.4) is 0 Å². The SMILES string of the molecule is O=C(C=Cc1cccs1)NCCc1ccccc1C(=O)O. The molecule has 5 heteroatoms. The van der Waals surface area contributed by atoms with E-state index in [1.54, 1.807) is 41.7 Å². The molecule has 1 aromatic carbocycles. The molecule has 4 nitrogen and oxygen atoms in total. The van der Waals surface area contributed by atoms with Crippen LogP contribution < -0.4 is 5.32 Å². The lowest BCUT2D eigenvalue weighted by Gasteiger charge is -2.06. The van der Waals surface area contributed by atoms with Gasteiger partial charge in [0.05, 0.1) is 5.56 Å². The van der Waals surface area contributed by atoms with Gasteiger partial charge in [0.15, 0.2) is 0 Å². The van der Waals surface area contributed by atoms with Gasteiger partial charge in [-0.1, -0.05) is 24.3 Å². The largest absolute Gasteiger partial charge is 0.478 e. The van der Waals surface area contributed by atoms with Crippen molar-refractivity contribution in [1.82, 2.24) is 5.32 Å². The summed E-state index contributed by atoms with van der Waals surface area (Å²) in [5.74, 6) is -1.13. The number of nitrogens with one attached hydrogen (secondary N) is 1. The average Bonchev–Trinajstić information content (AvgIpc) is 2.99. The van der Waals surface area contributed by atoms with E-state index in [4.69, 9.17) is 5.11 Å². The molecule has 0 aliphatic carbocycles. The number of hydrogen-bond acceptors (Lipinski definition) is 3. The Labute approximate surface area is 126 Å². The maximum atomic E-state index is 11.6. The summed E-state index contributed by atoms with van der Waals surface area (Å²) < 4.78 is 0. The van der Waals surface area contributed by atoms with Crippen LogP contribution in [0.5, 0.6) is 0 Å². The summed E-state index contributed by atoms with van der Waals surface area (Å²) in [6.45, 7) is 0.401. The van der Waals surface area contributed by atoms with Gasteiger partial charge in [0, 0.05) is 17.5 Å². The van der Waals surface area contributed by atoms with E-state index in [0.717, 1.165) is 4.88 Å². The number of benzene rings is 1. The lowest BCUT2D eigenvalue weighted by molar-refractivity contribution is -0.116. The quantitative estimate of drug-likeness (QED) is 0.806. The highest BCUT2D eigenvalue weighted by molar-refractivity contribution is 7.10. The van der Waals surface area contributed by atoms with Crippen molar-refractivity contribution in [3.63, 3.8) is 0 Å². The van der Waals surface area contributed by atoms with Gasteiger partial charge in [-0.3, -0.25) is 4.79 Å². The zero-order valence-corrected chi connectivity index (χ0v) is 12.1. The van der Waals surface area contributed by atoms with E-state index < -0.39 is 5.97 Å². The lowest BCUT2D eigenvalue weighted by Crippen LogP contribution is -2.24. The third-order valence-corrected chi connectivity index (χ3v) is 3.72. The Bertz CT molecular complexity index is 647. The van der Waals surface area contributed by atoms with Gasteiger partial charge < -0.3 is 10.4 Å². The van der Waals surface area contributed by atoms with Crippen molar-refractivity contribution < 1.29 is 14.7 Å². The van der Waals surface area contributed by atoms with Crippen molar-refractivity contribution in [2.24, 2.45) is 0 Å². The van der Waals surface area contributed by atoms with Gasteiger partial charge in [-0.2, -0.15) is 0 Å². The number of rotatable bonds is 6. The first kappa shape index (κ1) is 15.0. The molecule has 1 amide bonds. The second-order valence-corrected chi connectivity index (χ2v) is 5.33. The number of carboxylic acid groups (broad SMARTS) is 1. The summed E-state index contributed by atoms with van der Waals surface area (Å²) in [6.07, 6.45) is 3.72. The normalized spacial score (nSPS) is 10.7. The first-order chi connectivity index (χ1) is 10.2. The molecular weight excluding hydrogens is 286 g/mol. The fourth-order valence-electron chi connectivity index (χ4n) is 1.87. The van der Waals surface area contributed by atoms with Crippen molar-refractivity contribution in [2.75, 3.05) is 6.54 Å². The molecule has 1 heterocycles. The van der Waals surface area contributed by atoms with Crippen molar-refractivity contribution in [1.29, 1.82) is 0 Å². The summed E-state index contributed by atoms with van der Waals surface area (Å²) in [5, 5.41) is 13.8. The summed E-state index contributed by atoms with van der Waals surface area (Å²) in [4.78, 5) is 23.7. The third-order valence-electron chi connectivity index (χ3n) is 2.88. The number of carbonyl (C=O) groups excluding carboxylic acids is 1. The highest BCUT2D eigenvalue weighted by Gasteiger charge is 2.08. The summed E-state index contributed by atoms with van der Waals surface area (Å²) >= 11 is 1.56. The Morgan fingerprint density at radius 2 is 2.00 bits per heavy atom. The minimum atomic E-state index is -0.950. The highest BCUT2D eigenvalue weighted by Crippen LogP contribution is 2.10. The maximum absolute atomic E-state index is 11.6. The van der Waals surface area contributed by atoms with Crippen molar-refractivity contribution >= 4 is 29.3 Å². The van der Waals surface area contributed by atoms with E-state index in [9.17, 15) is 9.59 Å². The zero-order chi connectivity index (χ0) is 15.1. The lowest BCUT2D eigenvalue weighted by atomic mass is 10.0. The van der Waals surface area contributed by atoms with Crippen molar-refractivity contribution in [2.45, 2.75) is 6.42 Å². The van der Waals surface area contributed by atoms with Crippen molar-refractivity contribution in [3.05, 3.63) is 63.9 Å². The van der Waals surface area contributed by atoms with E-state index >= 15 is 0 Å². The van der Waals surface area contributed by atoms with Gasteiger partial charge in [0.1, 0.15) is 0 Å². The monoisotopic (exact) mass is 301 g/mol. The van der Waals surface area contributed by atoms with E-state index in [-0.39, 0.29) is 11.5 Å². The van der Waals surface area contributed by atoms with Crippen LogP contribution in [0.1, 0.15) is 20.8 Å². The van der Waals surface area contributed by atoms with Gasteiger partial charge in [0.2, 0.25) is 5.91 Å². The van der Waals surface area contributed by atoms with Gasteiger partial charge in [-0.25, -0.2) is 4.79 Å². The molecule has 0 fully saturated rings. The molecule has 2 N–H and O–H groups in total. The van der Waals surface area contributed by atoms with E-state index in [1.807, 2.05) is 17.5 Å². The molecule has 108 valence electrons. The van der Waals surface area contributed by atoms with Gasteiger partial charge >= 0.3 is 5.97 Å². The Morgan fingerprint density at radius 1 is 1.19 bits per heavy atom. The number of thiophene rings is 1. The van der Waals surface area contributed by atoms with Crippen molar-refractivity contribution in [3.8, 4) is 0 Å². The van der Waals surface area contributed by atoms with Gasteiger partial charge in [-0.15, -0.1) is 11.3 Å². The summed E-state index contributed by atoms with van der Waals surface area (Å²) in [5.41, 5.74) is 0.994. The van der Waals surface area contributed by atoms with Gasteiger partial charge in [-0.05, 0) is 35.6 Å². The van der Waals surface area contributed by atoms with Crippen LogP contribution in [0.2, 0.25) is 0 Å². The standard InChI is InChI=1S/C16H15NO3S/c18-15(8-7-13-5-3-11-21-13)17-10-9-12-4-1-2-6-14(12)16(19)20/h1-8,11H,9-10H2,(H,17,18)(H,19,20). The molecule has 0 unspecified atom stereocenters. The maximum Gasteiger partial charge on any atom is 0.335 e. The molecule has 0 bridgehead atoms. The van der Waals surface area contributed by atoms with Crippen LogP contribution >= 0.6 is 11.3 Å². The Morgan fingerprint density at radius 3 is 2.71 bits per heavy atom. The van der Waals surface area contributed by atoms with E-state index in [1.165, 1.54) is 6.08 Å². The minimum absolute atomic E-state index is 0.184. The molecule has 21 heavy (non-hydrogen) atoms. The zero-order valence-electron chi connectivity index (χ0n) is 11.3. The molecule has 0 saturated carbocycles. The van der Waals surface area contributed by atoms with E-state index in [2.05, 4.69) is 5.32 Å². The predicted octanol–water partition coefficient (Wildman–Crippen LogP) is 2.82. The number of aromatic carboxylic acids is 1. The molecule has 1 aromatic heterocycles. The molecular formula is C16H15NO3S. The minimum Gasteiger partial charge on any atom is -0.478 e. The van der Waals surface area contributed by atoms with Crippen LogP contribution in [-0.4, -0.2) is 23.5 Å². The first-order valence-corrected chi connectivity index (χ1v) is 7.35. The number of carbonyl (C=O) groups is 2. The van der Waals surface area contributed by atoms with Crippen LogP contribution in [0, 0.1) is 0 Å². The molecule has 0 atom stereocenters. The van der Waals surface area contributed by atoms with E-state index in [0.29, 0.717) is 18.5 Å². The number of amides is 1. The predicted molar refractivity (Wildman–Crippen MR) is 83.5 cm³/mol. The Balaban J connectivity index is 1.84. The molecule has 0 spiro atoms. The van der Waals surface area contributed by atoms with Crippen LogP contribution in [-0.2, 0) is 11.2 Å². The Kier molecular flexibility index (Phi) is 5.29. The molecule has 2 rings (SSSR count). The molecule has 0 aliphatic rings. The topological polar surface area (TPSA) is 66.4 Å². The fourth-order valence-corrected chi connectivity index (χ4v) is 2.49. The molecule has 0 radical (unpaired) electrons. The number of hydrogen-bond donors (Lipinski definition) is 2. The number of carboxylic acids is 1. The average molecular weight is 301 g/mol. The molecule has 0 aliphatic heterocycles. The highest BCUT2D eigenvalue weighted by atomic mass is 32.1. The second kappa shape index (κ2) is 7.40. The molecule has 2 aromatic rings. The smallest absolute Gasteiger partial charge is 0.335 e. The summed E-state index contributed by atoms with van der Waals surface area (Å²) in [6, 6.07) is 10.7. The van der Waals surface area contributed by atoms with Crippen LogP contribution in [0.25, 0.3) is 6.08 Å². The second-order valence-electron chi connectivity index (χ2n) is 4.35. The van der Waals surface area contributed by atoms with Gasteiger partial charge in [0.25, 0.3) is 0 Å². The fraction of sp³-hybridized carbons (Fsp3) is 0.125. The third kappa shape index (κ3) is 4.57. The first-order valence-electron chi connectivity index (χ1n) is 6.47. The van der Waals surface area contributed by atoms with Crippen LogP contribution in [0.4, 0.5) is 0 Å². The molecule has 0 saturated heterocycles.